The summed E-state index contributed by atoms with van der Waals surface area (Å²) in [5.41, 5.74) is -0.447. The van der Waals surface area contributed by atoms with Gasteiger partial charge in [-0.1, -0.05) is 13.8 Å². The van der Waals surface area contributed by atoms with Crippen molar-refractivity contribution in [1.29, 1.82) is 0 Å². The van der Waals surface area contributed by atoms with Crippen LogP contribution in [0.15, 0.2) is 4.99 Å². The number of nitrogens with one attached hydrogen (secondary N) is 2. The summed E-state index contributed by atoms with van der Waals surface area (Å²) in [5, 5.41) is 6.64. The molecule has 1 amide bonds. The van der Waals surface area contributed by atoms with Gasteiger partial charge >= 0.3 is 6.09 Å². The third-order valence-electron chi connectivity index (χ3n) is 3.71. The number of hydrogen-bond donors (Lipinski definition) is 2. The molecule has 7 nitrogen and oxygen atoms in total. The number of ether oxygens (including phenoxy) is 1. The molecule has 0 aromatic heterocycles. The van der Waals surface area contributed by atoms with Crippen LogP contribution in [-0.4, -0.2) is 79.8 Å². The summed E-state index contributed by atoms with van der Waals surface area (Å²) in [6, 6.07) is 0.224. The Bertz CT molecular complexity index is 396. The van der Waals surface area contributed by atoms with Crippen LogP contribution in [0.4, 0.5) is 4.79 Å². The number of guanidine groups is 1. The molecule has 2 N–H and O–H groups in total. The van der Waals surface area contributed by atoms with Crippen molar-refractivity contribution in [1.82, 2.24) is 20.4 Å². The molecule has 1 aliphatic heterocycles. The van der Waals surface area contributed by atoms with Gasteiger partial charge in [-0.15, -0.1) is 0 Å². The van der Waals surface area contributed by atoms with Crippen molar-refractivity contribution >= 4 is 12.1 Å². The number of likely N-dealkylation sites (N-methyl/N-ethyl adjacent to an activating group) is 1. The van der Waals surface area contributed by atoms with Gasteiger partial charge < -0.3 is 25.2 Å². The Kier molecular flexibility index (Phi) is 7.61. The molecule has 0 saturated carbocycles. The molecular formula is C16H33N5O2. The van der Waals surface area contributed by atoms with Crippen LogP contribution in [0, 0.1) is 0 Å². The van der Waals surface area contributed by atoms with Crippen LogP contribution in [-0.2, 0) is 4.74 Å². The van der Waals surface area contributed by atoms with Crippen molar-refractivity contribution in [2.45, 2.75) is 46.3 Å². The molecule has 0 unspecified atom stereocenters. The van der Waals surface area contributed by atoms with Crippen LogP contribution in [0.5, 0.6) is 0 Å². The van der Waals surface area contributed by atoms with Crippen LogP contribution >= 0.6 is 0 Å². The Labute approximate surface area is 140 Å². The maximum absolute atomic E-state index is 11.9. The molecule has 0 spiro atoms. The lowest BCUT2D eigenvalue weighted by atomic mass is 10.1. The molecular weight excluding hydrogens is 294 g/mol. The average molecular weight is 327 g/mol. The number of nitrogens with zero attached hydrogens (tertiary/aromatic N) is 3. The Balaban J connectivity index is 2.25. The van der Waals surface area contributed by atoms with E-state index >= 15 is 0 Å². The average Bonchev–Trinajstić information content (AvgIpc) is 2.42. The predicted molar refractivity (Wildman–Crippen MR) is 93.9 cm³/mol. The van der Waals surface area contributed by atoms with Crippen molar-refractivity contribution < 1.29 is 9.53 Å². The highest BCUT2D eigenvalue weighted by molar-refractivity contribution is 5.80. The summed E-state index contributed by atoms with van der Waals surface area (Å²) in [4.78, 5) is 20.2. The normalized spacial score (nSPS) is 16.3. The number of carbonyl (C=O) groups excluding carboxylic acids is 1. The van der Waals surface area contributed by atoms with E-state index in [1.165, 1.54) is 0 Å². The molecule has 1 aliphatic rings. The van der Waals surface area contributed by atoms with Crippen molar-refractivity contribution in [3.05, 3.63) is 0 Å². The second-order valence-corrected chi connectivity index (χ2v) is 6.75. The maximum atomic E-state index is 11.9. The van der Waals surface area contributed by atoms with E-state index in [1.54, 1.807) is 11.9 Å². The van der Waals surface area contributed by atoms with E-state index in [0.29, 0.717) is 13.1 Å². The number of amides is 1. The Morgan fingerprint density at radius 3 is 2.39 bits per heavy atom. The first-order valence-electron chi connectivity index (χ1n) is 8.46. The molecule has 1 heterocycles. The second kappa shape index (κ2) is 8.96. The number of carbonyl (C=O) groups is 1. The minimum Gasteiger partial charge on any atom is -0.444 e. The molecule has 1 saturated heterocycles. The lowest BCUT2D eigenvalue weighted by molar-refractivity contribution is 0.00701. The van der Waals surface area contributed by atoms with E-state index in [4.69, 9.17) is 4.74 Å². The van der Waals surface area contributed by atoms with Crippen molar-refractivity contribution in [2.24, 2.45) is 4.99 Å². The zero-order chi connectivity index (χ0) is 17.5. The number of rotatable bonds is 6. The molecule has 0 atom stereocenters. The van der Waals surface area contributed by atoms with Gasteiger partial charge in [0.2, 0.25) is 0 Å². The van der Waals surface area contributed by atoms with Gasteiger partial charge in [-0.25, -0.2) is 4.79 Å². The summed E-state index contributed by atoms with van der Waals surface area (Å²) >= 11 is 0. The zero-order valence-corrected chi connectivity index (χ0v) is 15.5. The third-order valence-corrected chi connectivity index (χ3v) is 3.71. The molecule has 0 bridgehead atoms. The third kappa shape index (κ3) is 7.07. The molecule has 23 heavy (non-hydrogen) atoms. The van der Waals surface area contributed by atoms with E-state index in [-0.39, 0.29) is 12.1 Å². The fourth-order valence-corrected chi connectivity index (χ4v) is 2.31. The van der Waals surface area contributed by atoms with Crippen LogP contribution < -0.4 is 10.6 Å². The molecule has 0 aliphatic carbocycles. The van der Waals surface area contributed by atoms with E-state index in [0.717, 1.165) is 32.1 Å². The quantitative estimate of drug-likeness (QED) is 0.565. The minimum absolute atomic E-state index is 0.224. The van der Waals surface area contributed by atoms with Crippen LogP contribution in [0.1, 0.15) is 34.6 Å². The largest absolute Gasteiger partial charge is 0.444 e. The predicted octanol–water partition coefficient (Wildman–Crippen LogP) is 1.11. The van der Waals surface area contributed by atoms with Gasteiger partial charge in [0.05, 0.1) is 6.04 Å². The fourth-order valence-electron chi connectivity index (χ4n) is 2.31. The summed E-state index contributed by atoms with van der Waals surface area (Å²) in [5.74, 6) is 0.783. The first-order valence-corrected chi connectivity index (χ1v) is 8.46. The highest BCUT2D eigenvalue weighted by Crippen LogP contribution is 2.15. The topological polar surface area (TPSA) is 69.2 Å². The Morgan fingerprint density at radius 2 is 1.91 bits per heavy atom. The van der Waals surface area contributed by atoms with E-state index < -0.39 is 5.60 Å². The standard InChI is InChI=1S/C16H33N5O2/c1-7-20(8-2)10-9-18-14(17-6)19-13-11-21(12-13)15(22)23-16(3,4)5/h13H,7-12H2,1-6H3,(H2,17,18,19). The number of hydrogen-bond acceptors (Lipinski definition) is 4. The SMILES string of the molecule is CCN(CC)CCNC(=NC)NC1CN(C(=O)OC(C)(C)C)C1. The van der Waals surface area contributed by atoms with Crippen molar-refractivity contribution in [3.63, 3.8) is 0 Å². The van der Waals surface area contributed by atoms with Crippen LogP contribution in [0.25, 0.3) is 0 Å². The van der Waals surface area contributed by atoms with Crippen LogP contribution in [0.2, 0.25) is 0 Å². The monoisotopic (exact) mass is 327 g/mol. The van der Waals surface area contributed by atoms with Gasteiger partial charge in [0, 0.05) is 33.2 Å². The molecule has 0 aromatic rings. The zero-order valence-electron chi connectivity index (χ0n) is 15.5. The smallest absolute Gasteiger partial charge is 0.410 e. The summed E-state index contributed by atoms with van der Waals surface area (Å²) < 4.78 is 5.35. The lowest BCUT2D eigenvalue weighted by Gasteiger charge is -2.40. The number of aliphatic imine (C=N–C) groups is 1. The molecule has 1 fully saturated rings. The Hall–Kier alpha value is -1.50. The lowest BCUT2D eigenvalue weighted by Crippen LogP contribution is -2.63. The summed E-state index contributed by atoms with van der Waals surface area (Å²) in [7, 11) is 1.76. The molecule has 7 heteroatoms. The highest BCUT2D eigenvalue weighted by atomic mass is 16.6. The van der Waals surface area contributed by atoms with Gasteiger partial charge in [-0.05, 0) is 33.9 Å². The molecule has 0 radical (unpaired) electrons. The first-order chi connectivity index (χ1) is 10.8. The van der Waals surface area contributed by atoms with Gasteiger partial charge in [0.25, 0.3) is 0 Å². The van der Waals surface area contributed by atoms with Crippen molar-refractivity contribution in [2.75, 3.05) is 46.3 Å². The molecule has 0 aromatic carbocycles. The minimum atomic E-state index is -0.447. The van der Waals surface area contributed by atoms with E-state index in [1.807, 2.05) is 20.8 Å². The van der Waals surface area contributed by atoms with Gasteiger partial charge in [0.1, 0.15) is 5.60 Å². The second-order valence-electron chi connectivity index (χ2n) is 6.75. The van der Waals surface area contributed by atoms with Gasteiger partial charge in [-0.3, -0.25) is 4.99 Å². The van der Waals surface area contributed by atoms with Gasteiger partial charge in [0.15, 0.2) is 5.96 Å². The first kappa shape index (κ1) is 19.5. The Morgan fingerprint density at radius 1 is 1.30 bits per heavy atom. The van der Waals surface area contributed by atoms with E-state index in [9.17, 15) is 4.79 Å². The number of likely N-dealkylation sites (tertiary alicyclic amines) is 1. The molecule has 1 rings (SSSR count). The summed E-state index contributed by atoms with van der Waals surface area (Å²) in [6.45, 7) is 15.2. The van der Waals surface area contributed by atoms with E-state index in [2.05, 4.69) is 34.4 Å². The highest BCUT2D eigenvalue weighted by Gasteiger charge is 2.34. The van der Waals surface area contributed by atoms with Crippen molar-refractivity contribution in [3.8, 4) is 0 Å². The van der Waals surface area contributed by atoms with Gasteiger partial charge in [-0.2, -0.15) is 0 Å². The summed E-state index contributed by atoms with van der Waals surface area (Å²) in [6.07, 6.45) is -0.250. The molecule has 134 valence electrons. The fraction of sp³-hybridized carbons (Fsp3) is 0.875. The van der Waals surface area contributed by atoms with Crippen LogP contribution in [0.3, 0.4) is 0 Å². The maximum Gasteiger partial charge on any atom is 0.410 e.